The number of sulfonamides is 1. The van der Waals surface area contributed by atoms with Gasteiger partial charge in [-0.2, -0.15) is 0 Å². The third-order valence-corrected chi connectivity index (χ3v) is 6.91. The number of hydrogen-bond acceptors (Lipinski definition) is 5. The largest absolute Gasteiger partial charge is 0.449 e. The molecule has 1 fully saturated rings. The van der Waals surface area contributed by atoms with E-state index in [-0.39, 0.29) is 22.5 Å². The van der Waals surface area contributed by atoms with Crippen molar-refractivity contribution in [2.24, 2.45) is 0 Å². The van der Waals surface area contributed by atoms with Gasteiger partial charge in [0.1, 0.15) is 0 Å². The Labute approximate surface area is 189 Å². The highest BCUT2D eigenvalue weighted by Gasteiger charge is 2.29. The van der Waals surface area contributed by atoms with Gasteiger partial charge >= 0.3 is 5.97 Å². The summed E-state index contributed by atoms with van der Waals surface area (Å²) in [6.45, 7) is 5.23. The first-order valence-corrected chi connectivity index (χ1v) is 12.4. The SMILES string of the molecule is CCCC(NC(=O)C(C)OC(=O)c1cc(S(=O)(=O)NC2CC2)ccc1C)c1ccccc1. The standard InChI is InChI=1S/C24H30N2O5S/c1-4-8-22(18-9-6-5-7-10-18)25-23(27)17(3)31-24(28)21-15-20(14-11-16(21)2)32(29,30)26-19-12-13-19/h5-7,9-11,14-15,17,19,22,26H,4,8,12-13H2,1-3H3,(H,25,27). The molecule has 2 unspecified atom stereocenters. The molecular weight excluding hydrogens is 428 g/mol. The maximum atomic E-state index is 12.8. The van der Waals surface area contributed by atoms with Crippen LogP contribution in [0.2, 0.25) is 0 Å². The van der Waals surface area contributed by atoms with E-state index in [1.165, 1.54) is 19.1 Å². The lowest BCUT2D eigenvalue weighted by atomic mass is 10.0. The molecule has 0 heterocycles. The van der Waals surface area contributed by atoms with Gasteiger partial charge in [-0.05, 0) is 56.4 Å². The number of esters is 1. The predicted octanol–water partition coefficient (Wildman–Crippen LogP) is 3.64. The number of rotatable bonds is 10. The third kappa shape index (κ3) is 6.17. The highest BCUT2D eigenvalue weighted by molar-refractivity contribution is 7.89. The number of ether oxygens (including phenoxy) is 1. The topological polar surface area (TPSA) is 102 Å². The first kappa shape index (κ1) is 23.9. The normalized spacial score (nSPS) is 15.6. The molecule has 1 aliphatic rings. The van der Waals surface area contributed by atoms with Crippen LogP contribution in [0.3, 0.4) is 0 Å². The molecule has 172 valence electrons. The summed E-state index contributed by atoms with van der Waals surface area (Å²) < 4.78 is 33.0. The first-order chi connectivity index (χ1) is 15.2. The van der Waals surface area contributed by atoms with Gasteiger partial charge in [0, 0.05) is 6.04 Å². The first-order valence-electron chi connectivity index (χ1n) is 10.9. The molecule has 2 aromatic carbocycles. The Morgan fingerprint density at radius 3 is 2.44 bits per heavy atom. The highest BCUT2D eigenvalue weighted by atomic mass is 32.2. The molecule has 0 bridgehead atoms. The summed E-state index contributed by atoms with van der Waals surface area (Å²) in [4.78, 5) is 25.5. The van der Waals surface area contributed by atoms with Gasteiger partial charge in [0.25, 0.3) is 5.91 Å². The van der Waals surface area contributed by atoms with Crippen LogP contribution in [0.4, 0.5) is 0 Å². The van der Waals surface area contributed by atoms with E-state index in [1.54, 1.807) is 13.0 Å². The molecule has 1 amide bonds. The van der Waals surface area contributed by atoms with Crippen molar-refractivity contribution in [1.82, 2.24) is 10.0 Å². The smallest absolute Gasteiger partial charge is 0.339 e. The van der Waals surface area contributed by atoms with Crippen molar-refractivity contribution in [2.75, 3.05) is 0 Å². The summed E-state index contributed by atoms with van der Waals surface area (Å²) >= 11 is 0. The van der Waals surface area contributed by atoms with Crippen molar-refractivity contribution in [3.05, 3.63) is 65.2 Å². The van der Waals surface area contributed by atoms with Crippen LogP contribution >= 0.6 is 0 Å². The minimum absolute atomic E-state index is 0.00569. The van der Waals surface area contributed by atoms with Crippen LogP contribution < -0.4 is 10.0 Å². The summed E-state index contributed by atoms with van der Waals surface area (Å²) in [6.07, 6.45) is 2.23. The number of carbonyl (C=O) groups is 2. The van der Waals surface area contributed by atoms with Crippen molar-refractivity contribution in [3.8, 4) is 0 Å². The van der Waals surface area contributed by atoms with Crippen molar-refractivity contribution in [1.29, 1.82) is 0 Å². The third-order valence-electron chi connectivity index (χ3n) is 5.39. The van der Waals surface area contributed by atoms with Gasteiger partial charge in [0.2, 0.25) is 10.0 Å². The molecule has 32 heavy (non-hydrogen) atoms. The van der Waals surface area contributed by atoms with Gasteiger partial charge in [0.05, 0.1) is 16.5 Å². The Hall–Kier alpha value is -2.71. The lowest BCUT2D eigenvalue weighted by molar-refractivity contribution is -0.129. The fourth-order valence-electron chi connectivity index (χ4n) is 3.34. The molecule has 0 aliphatic heterocycles. The molecule has 0 saturated heterocycles. The maximum absolute atomic E-state index is 12.8. The fraction of sp³-hybridized carbons (Fsp3) is 0.417. The van der Waals surface area contributed by atoms with E-state index in [0.717, 1.165) is 31.2 Å². The van der Waals surface area contributed by atoms with Crippen molar-refractivity contribution < 1.29 is 22.7 Å². The molecule has 2 aromatic rings. The van der Waals surface area contributed by atoms with E-state index in [4.69, 9.17) is 4.74 Å². The van der Waals surface area contributed by atoms with Gasteiger partial charge in [-0.15, -0.1) is 0 Å². The molecule has 7 nitrogen and oxygen atoms in total. The van der Waals surface area contributed by atoms with Crippen LogP contribution in [-0.2, 0) is 19.6 Å². The molecule has 2 N–H and O–H groups in total. The average Bonchev–Trinajstić information content (AvgIpc) is 3.57. The molecular formula is C24H30N2O5S. The average molecular weight is 459 g/mol. The van der Waals surface area contributed by atoms with Gasteiger partial charge in [-0.25, -0.2) is 17.9 Å². The van der Waals surface area contributed by atoms with Crippen LogP contribution in [0.5, 0.6) is 0 Å². The second kappa shape index (κ2) is 10.3. The Bertz CT molecular complexity index is 1070. The Morgan fingerprint density at radius 1 is 1.12 bits per heavy atom. The lowest BCUT2D eigenvalue weighted by Gasteiger charge is -2.21. The van der Waals surface area contributed by atoms with Crippen molar-refractivity contribution in [3.63, 3.8) is 0 Å². The minimum atomic E-state index is -3.70. The van der Waals surface area contributed by atoms with E-state index in [0.29, 0.717) is 5.56 Å². The summed E-state index contributed by atoms with van der Waals surface area (Å²) in [5.74, 6) is -1.14. The number of carbonyl (C=O) groups excluding carboxylic acids is 2. The van der Waals surface area contributed by atoms with Crippen LogP contribution in [0.1, 0.15) is 67.1 Å². The Morgan fingerprint density at radius 2 is 1.81 bits per heavy atom. The van der Waals surface area contributed by atoms with Crippen LogP contribution in [0.25, 0.3) is 0 Å². The maximum Gasteiger partial charge on any atom is 0.339 e. The lowest BCUT2D eigenvalue weighted by Crippen LogP contribution is -2.38. The second-order valence-electron chi connectivity index (χ2n) is 8.18. The summed E-state index contributed by atoms with van der Waals surface area (Å²) in [5.41, 5.74) is 1.68. The van der Waals surface area contributed by atoms with E-state index >= 15 is 0 Å². The molecule has 1 saturated carbocycles. The van der Waals surface area contributed by atoms with E-state index < -0.39 is 28.0 Å². The van der Waals surface area contributed by atoms with Crippen molar-refractivity contribution >= 4 is 21.9 Å². The zero-order valence-corrected chi connectivity index (χ0v) is 19.4. The van der Waals surface area contributed by atoms with Gasteiger partial charge in [0.15, 0.2) is 6.10 Å². The number of hydrogen-bond donors (Lipinski definition) is 2. The Kier molecular flexibility index (Phi) is 7.69. The zero-order valence-electron chi connectivity index (χ0n) is 18.6. The number of aryl methyl sites for hydroxylation is 1. The van der Waals surface area contributed by atoms with Crippen LogP contribution in [0.15, 0.2) is 53.4 Å². The Balaban J connectivity index is 1.69. The van der Waals surface area contributed by atoms with E-state index in [2.05, 4.69) is 10.0 Å². The summed E-state index contributed by atoms with van der Waals surface area (Å²) in [7, 11) is -3.70. The predicted molar refractivity (Wildman–Crippen MR) is 122 cm³/mol. The van der Waals surface area contributed by atoms with E-state index in [1.807, 2.05) is 37.3 Å². The van der Waals surface area contributed by atoms with Gasteiger partial charge < -0.3 is 10.1 Å². The minimum Gasteiger partial charge on any atom is -0.449 e. The number of benzene rings is 2. The molecule has 8 heteroatoms. The van der Waals surface area contributed by atoms with Gasteiger partial charge in [-0.3, -0.25) is 4.79 Å². The number of amides is 1. The molecule has 0 spiro atoms. The summed E-state index contributed by atoms with van der Waals surface area (Å²) in [6, 6.07) is 13.7. The highest BCUT2D eigenvalue weighted by Crippen LogP contribution is 2.24. The summed E-state index contributed by atoms with van der Waals surface area (Å²) in [5, 5.41) is 2.95. The number of nitrogens with one attached hydrogen (secondary N) is 2. The molecule has 0 aromatic heterocycles. The monoisotopic (exact) mass is 458 g/mol. The fourth-order valence-corrected chi connectivity index (χ4v) is 4.67. The molecule has 0 radical (unpaired) electrons. The van der Waals surface area contributed by atoms with Crippen LogP contribution in [-0.4, -0.2) is 32.4 Å². The van der Waals surface area contributed by atoms with Crippen molar-refractivity contribution in [2.45, 2.75) is 69.5 Å². The second-order valence-corrected chi connectivity index (χ2v) is 9.89. The van der Waals surface area contributed by atoms with E-state index in [9.17, 15) is 18.0 Å². The molecule has 2 atom stereocenters. The van der Waals surface area contributed by atoms with Crippen LogP contribution in [0, 0.1) is 6.92 Å². The molecule has 1 aliphatic carbocycles. The molecule has 3 rings (SSSR count). The van der Waals surface area contributed by atoms with Gasteiger partial charge in [-0.1, -0.05) is 49.7 Å². The quantitative estimate of drug-likeness (QED) is 0.530. The zero-order chi connectivity index (χ0) is 23.3.